The van der Waals surface area contributed by atoms with E-state index in [0.29, 0.717) is 5.41 Å². The van der Waals surface area contributed by atoms with Gasteiger partial charge in [-0.2, -0.15) is 0 Å². The summed E-state index contributed by atoms with van der Waals surface area (Å²) in [6, 6.07) is 8.47. The zero-order valence-electron chi connectivity index (χ0n) is 12.1. The van der Waals surface area contributed by atoms with Crippen molar-refractivity contribution < 1.29 is 0 Å². The maximum absolute atomic E-state index is 3.80. The first kappa shape index (κ1) is 12.3. The van der Waals surface area contributed by atoms with E-state index in [0.717, 1.165) is 23.3 Å². The average Bonchev–Trinajstić information content (AvgIpc) is 2.44. The average molecular weight is 262 g/mol. The van der Waals surface area contributed by atoms with Gasteiger partial charge in [0, 0.05) is 11.0 Å². The molecule has 4 bridgehead atoms. The summed E-state index contributed by atoms with van der Waals surface area (Å²) in [6.45, 7) is 3.80. The molecule has 0 radical (unpaired) electrons. The minimum atomic E-state index is 0.367. The molecule has 4 aliphatic rings. The molecule has 0 nitrogen and oxygen atoms in total. The quantitative estimate of drug-likeness (QED) is 0.632. The maximum atomic E-state index is 3.80. The van der Waals surface area contributed by atoms with Crippen molar-refractivity contribution in [1.29, 1.82) is 0 Å². The van der Waals surface area contributed by atoms with Gasteiger partial charge in [-0.3, -0.25) is 0 Å². The van der Waals surface area contributed by atoms with E-state index in [1.807, 2.05) is 6.08 Å². The molecule has 1 aromatic rings. The largest absolute Gasteiger partial charge is 0.0985 e. The lowest BCUT2D eigenvalue weighted by Gasteiger charge is -2.54. The van der Waals surface area contributed by atoms with Crippen LogP contribution in [0.25, 0.3) is 6.08 Å². The van der Waals surface area contributed by atoms with Gasteiger partial charge in [0.15, 0.2) is 0 Å². The molecule has 0 heteroatoms. The van der Waals surface area contributed by atoms with Crippen LogP contribution in [0.15, 0.2) is 30.8 Å². The van der Waals surface area contributed by atoms with E-state index in [9.17, 15) is 0 Å². The lowest BCUT2D eigenvalue weighted by Crippen LogP contribution is -2.45. The summed E-state index contributed by atoms with van der Waals surface area (Å²) in [5, 5.41) is 0. The minimum absolute atomic E-state index is 0.367. The molecule has 0 saturated heterocycles. The second kappa shape index (κ2) is 4.52. The van der Waals surface area contributed by atoms with Crippen LogP contribution in [0.5, 0.6) is 0 Å². The van der Waals surface area contributed by atoms with Gasteiger partial charge in [0.25, 0.3) is 0 Å². The van der Waals surface area contributed by atoms with Gasteiger partial charge < -0.3 is 0 Å². The smallest absolute Gasteiger partial charge is 0.0326 e. The number of rotatable bonds is 1. The third-order valence-corrected chi connectivity index (χ3v) is 5.66. The van der Waals surface area contributed by atoms with Crippen LogP contribution < -0.4 is 0 Å². The molecule has 0 spiro atoms. The molecule has 0 atom stereocenters. The van der Waals surface area contributed by atoms with E-state index in [4.69, 9.17) is 0 Å². The highest BCUT2D eigenvalue weighted by Gasteiger charge is 2.50. The first-order valence-corrected chi connectivity index (χ1v) is 8.00. The Morgan fingerprint density at radius 2 is 1.50 bits per heavy atom. The predicted octanol–water partition coefficient (Wildman–Crippen LogP) is 4.90. The van der Waals surface area contributed by atoms with Gasteiger partial charge in [0.05, 0.1) is 0 Å². The Hall–Kier alpha value is -1.48. The molecule has 0 unspecified atom stereocenters. The molecule has 102 valence electrons. The second-order valence-corrected chi connectivity index (χ2v) is 7.27. The fourth-order valence-corrected chi connectivity index (χ4v) is 5.17. The van der Waals surface area contributed by atoms with Crippen molar-refractivity contribution in [1.82, 2.24) is 0 Å². The van der Waals surface area contributed by atoms with Crippen LogP contribution in [-0.2, 0) is 0 Å². The molecule has 1 aromatic carbocycles. The van der Waals surface area contributed by atoms with Crippen molar-refractivity contribution in [3.8, 4) is 11.8 Å². The summed E-state index contributed by atoms with van der Waals surface area (Å²) < 4.78 is 0. The molecule has 4 saturated carbocycles. The van der Waals surface area contributed by atoms with Crippen molar-refractivity contribution in [3.63, 3.8) is 0 Å². The minimum Gasteiger partial charge on any atom is -0.0985 e. The van der Waals surface area contributed by atoms with Gasteiger partial charge in [-0.25, -0.2) is 0 Å². The van der Waals surface area contributed by atoms with Crippen LogP contribution in [-0.4, -0.2) is 0 Å². The normalized spacial score (nSPS) is 37.3. The Morgan fingerprint density at radius 1 is 0.950 bits per heavy atom. The van der Waals surface area contributed by atoms with Crippen LogP contribution in [0.1, 0.15) is 49.7 Å². The van der Waals surface area contributed by atoms with Crippen LogP contribution in [0.2, 0.25) is 0 Å². The van der Waals surface area contributed by atoms with Crippen LogP contribution in [0.4, 0.5) is 0 Å². The van der Waals surface area contributed by atoms with Crippen LogP contribution in [0.3, 0.4) is 0 Å². The van der Waals surface area contributed by atoms with E-state index >= 15 is 0 Å². The first-order valence-electron chi connectivity index (χ1n) is 8.00. The molecular weight excluding hydrogens is 240 g/mol. The van der Waals surface area contributed by atoms with E-state index in [1.54, 1.807) is 0 Å². The summed E-state index contributed by atoms with van der Waals surface area (Å²) in [7, 11) is 0. The van der Waals surface area contributed by atoms with E-state index in [-0.39, 0.29) is 0 Å². The van der Waals surface area contributed by atoms with Crippen LogP contribution >= 0.6 is 0 Å². The van der Waals surface area contributed by atoms with Crippen molar-refractivity contribution in [2.45, 2.75) is 38.5 Å². The Balaban J connectivity index is 1.59. The van der Waals surface area contributed by atoms with Crippen molar-refractivity contribution in [3.05, 3.63) is 42.0 Å². The SMILES string of the molecule is C=Cc1ccc(C#CC23CC4CC(CC(C4)C2)C3)cc1. The summed E-state index contributed by atoms with van der Waals surface area (Å²) in [6.07, 6.45) is 10.5. The number of hydrogen-bond donors (Lipinski definition) is 0. The highest BCUT2D eigenvalue weighted by Crippen LogP contribution is 2.59. The molecule has 0 N–H and O–H groups in total. The highest BCUT2D eigenvalue weighted by atomic mass is 14.5. The summed E-state index contributed by atoms with van der Waals surface area (Å²) in [5.74, 6) is 10.1. The zero-order valence-corrected chi connectivity index (χ0v) is 12.1. The highest BCUT2D eigenvalue weighted by molar-refractivity contribution is 5.49. The third kappa shape index (κ3) is 2.10. The Morgan fingerprint density at radius 3 is 2.00 bits per heavy atom. The zero-order chi connectivity index (χ0) is 13.6. The third-order valence-electron chi connectivity index (χ3n) is 5.66. The maximum Gasteiger partial charge on any atom is 0.0326 e. The van der Waals surface area contributed by atoms with E-state index < -0.39 is 0 Å². The molecule has 0 aromatic heterocycles. The Kier molecular flexibility index (Phi) is 2.77. The molecule has 0 aliphatic heterocycles. The molecule has 4 aliphatic carbocycles. The van der Waals surface area contributed by atoms with Gasteiger partial charge in [-0.1, -0.05) is 36.6 Å². The molecule has 5 rings (SSSR count). The van der Waals surface area contributed by atoms with Crippen molar-refractivity contribution in [2.75, 3.05) is 0 Å². The fourth-order valence-electron chi connectivity index (χ4n) is 5.17. The number of benzene rings is 1. The van der Waals surface area contributed by atoms with Crippen LogP contribution in [0, 0.1) is 35.0 Å². The van der Waals surface area contributed by atoms with Gasteiger partial charge in [0.1, 0.15) is 0 Å². The predicted molar refractivity (Wildman–Crippen MR) is 84.0 cm³/mol. The van der Waals surface area contributed by atoms with Crippen molar-refractivity contribution in [2.24, 2.45) is 23.2 Å². The van der Waals surface area contributed by atoms with Gasteiger partial charge in [0.2, 0.25) is 0 Å². The topological polar surface area (TPSA) is 0 Å². The monoisotopic (exact) mass is 262 g/mol. The first-order chi connectivity index (χ1) is 9.75. The van der Waals surface area contributed by atoms with Gasteiger partial charge >= 0.3 is 0 Å². The summed E-state index contributed by atoms with van der Waals surface area (Å²) in [5.41, 5.74) is 2.70. The molecule has 4 fully saturated rings. The Labute approximate surface area is 122 Å². The molecule has 0 heterocycles. The van der Waals surface area contributed by atoms with Gasteiger partial charge in [-0.15, -0.1) is 0 Å². The van der Waals surface area contributed by atoms with E-state index in [1.165, 1.54) is 44.1 Å². The lowest BCUT2D eigenvalue weighted by molar-refractivity contribution is -0.0181. The second-order valence-electron chi connectivity index (χ2n) is 7.27. The number of hydrogen-bond acceptors (Lipinski definition) is 0. The fraction of sp³-hybridized carbons (Fsp3) is 0.500. The van der Waals surface area contributed by atoms with Crippen molar-refractivity contribution >= 4 is 6.08 Å². The summed E-state index contributed by atoms with van der Waals surface area (Å²) in [4.78, 5) is 0. The van der Waals surface area contributed by atoms with Gasteiger partial charge in [-0.05, 0) is 74.0 Å². The van der Waals surface area contributed by atoms with E-state index in [2.05, 4.69) is 42.7 Å². The molecule has 0 amide bonds. The summed E-state index contributed by atoms with van der Waals surface area (Å²) >= 11 is 0. The molecule has 20 heavy (non-hydrogen) atoms. The Bertz CT molecular complexity index is 543. The lowest BCUT2D eigenvalue weighted by atomic mass is 9.50. The standard InChI is InChI=1S/C20H22/c1-2-15-3-5-16(6-4-15)7-8-20-12-17-9-18(13-20)11-19(10-17)14-20/h2-6,17-19H,1,9-14H2. The molecular formula is C20H22.